The molecule has 18 heavy (non-hydrogen) atoms. The smallest absolute Gasteiger partial charge is 0.147 e. The molecular formula is C13H15F2N3. The highest BCUT2D eigenvalue weighted by Crippen LogP contribution is 2.17. The Morgan fingerprint density at radius 2 is 2.06 bits per heavy atom. The first-order valence-electron chi connectivity index (χ1n) is 5.82. The molecule has 0 aliphatic carbocycles. The van der Waals surface area contributed by atoms with Crippen LogP contribution in [0.4, 0.5) is 14.6 Å². The Balaban J connectivity index is 2.25. The molecule has 1 aromatic heterocycles. The summed E-state index contributed by atoms with van der Waals surface area (Å²) in [5.74, 6) is -0.347. The predicted molar refractivity (Wildman–Crippen MR) is 66.6 cm³/mol. The molecule has 96 valence electrons. The molecular weight excluding hydrogens is 236 g/mol. The Morgan fingerprint density at radius 3 is 2.78 bits per heavy atom. The van der Waals surface area contributed by atoms with Crippen LogP contribution in [0.1, 0.15) is 18.1 Å². The van der Waals surface area contributed by atoms with Gasteiger partial charge in [0.1, 0.15) is 17.5 Å². The van der Waals surface area contributed by atoms with Gasteiger partial charge in [0.25, 0.3) is 0 Å². The third kappa shape index (κ3) is 2.50. The lowest BCUT2D eigenvalue weighted by Crippen LogP contribution is -2.07. The van der Waals surface area contributed by atoms with Gasteiger partial charge in [-0.3, -0.25) is 4.68 Å². The molecule has 1 N–H and O–H groups in total. The van der Waals surface area contributed by atoms with E-state index >= 15 is 0 Å². The molecule has 0 amide bonds. The number of nitrogens with one attached hydrogen (secondary N) is 1. The minimum Gasteiger partial charge on any atom is -0.369 e. The van der Waals surface area contributed by atoms with Crippen molar-refractivity contribution in [1.82, 2.24) is 9.78 Å². The first kappa shape index (κ1) is 12.5. The molecule has 0 saturated heterocycles. The van der Waals surface area contributed by atoms with Crippen LogP contribution in [0.15, 0.2) is 24.4 Å². The molecule has 0 unspecified atom stereocenters. The Labute approximate surface area is 104 Å². The fraction of sp³-hybridized carbons (Fsp3) is 0.308. The number of benzene rings is 1. The zero-order valence-corrected chi connectivity index (χ0v) is 10.4. The lowest BCUT2D eigenvalue weighted by Gasteiger charge is -2.07. The lowest BCUT2D eigenvalue weighted by molar-refractivity contribution is 0.528. The third-order valence-electron chi connectivity index (χ3n) is 2.70. The van der Waals surface area contributed by atoms with E-state index in [9.17, 15) is 8.78 Å². The van der Waals surface area contributed by atoms with Crippen LogP contribution in [0.5, 0.6) is 0 Å². The normalized spacial score (nSPS) is 10.7. The van der Waals surface area contributed by atoms with Gasteiger partial charge in [0, 0.05) is 24.4 Å². The second kappa shape index (κ2) is 5.16. The highest BCUT2D eigenvalue weighted by Gasteiger charge is 2.12. The van der Waals surface area contributed by atoms with Crippen molar-refractivity contribution >= 4 is 5.82 Å². The fourth-order valence-corrected chi connectivity index (χ4v) is 1.75. The van der Waals surface area contributed by atoms with Crippen LogP contribution in [0.25, 0.3) is 0 Å². The van der Waals surface area contributed by atoms with E-state index < -0.39 is 11.6 Å². The number of nitrogens with zero attached hydrogens (tertiary/aromatic N) is 2. The van der Waals surface area contributed by atoms with Crippen LogP contribution in [-0.2, 0) is 6.54 Å². The van der Waals surface area contributed by atoms with Gasteiger partial charge in [0.15, 0.2) is 0 Å². The van der Waals surface area contributed by atoms with E-state index in [0.29, 0.717) is 11.4 Å². The second-order valence-electron chi connectivity index (χ2n) is 4.09. The number of rotatable bonds is 4. The van der Waals surface area contributed by atoms with Gasteiger partial charge < -0.3 is 5.32 Å². The minimum absolute atomic E-state index is 0.0427. The molecule has 3 nitrogen and oxygen atoms in total. The first-order chi connectivity index (χ1) is 8.61. The zero-order chi connectivity index (χ0) is 13.1. The summed E-state index contributed by atoms with van der Waals surface area (Å²) in [7, 11) is 0. The minimum atomic E-state index is -0.543. The summed E-state index contributed by atoms with van der Waals surface area (Å²) in [5, 5.41) is 7.21. The Kier molecular flexibility index (Phi) is 3.60. The van der Waals surface area contributed by atoms with E-state index in [4.69, 9.17) is 0 Å². The zero-order valence-electron chi connectivity index (χ0n) is 10.4. The molecule has 1 aromatic carbocycles. The Morgan fingerprint density at radius 1 is 1.28 bits per heavy atom. The number of anilines is 1. The molecule has 0 fully saturated rings. The summed E-state index contributed by atoms with van der Waals surface area (Å²) in [5.41, 5.74) is 0.478. The van der Waals surface area contributed by atoms with Crippen LogP contribution in [-0.4, -0.2) is 16.3 Å². The monoisotopic (exact) mass is 251 g/mol. The molecule has 5 heteroatoms. The second-order valence-corrected chi connectivity index (χ2v) is 4.09. The van der Waals surface area contributed by atoms with E-state index in [2.05, 4.69) is 10.4 Å². The summed E-state index contributed by atoms with van der Waals surface area (Å²) < 4.78 is 28.9. The maximum absolute atomic E-state index is 13.8. The molecule has 0 atom stereocenters. The van der Waals surface area contributed by atoms with Crippen molar-refractivity contribution in [3.63, 3.8) is 0 Å². The molecule has 0 bridgehead atoms. The highest BCUT2D eigenvalue weighted by molar-refractivity contribution is 5.32. The summed E-state index contributed by atoms with van der Waals surface area (Å²) in [6, 6.07) is 4.49. The van der Waals surface area contributed by atoms with Crippen LogP contribution in [0, 0.1) is 18.6 Å². The van der Waals surface area contributed by atoms with Gasteiger partial charge in [-0.15, -0.1) is 0 Å². The number of hydrogen-bond donors (Lipinski definition) is 1. The van der Waals surface area contributed by atoms with Crippen molar-refractivity contribution in [3.05, 3.63) is 47.2 Å². The lowest BCUT2D eigenvalue weighted by atomic mass is 10.1. The van der Waals surface area contributed by atoms with E-state index in [-0.39, 0.29) is 12.1 Å². The molecule has 0 spiro atoms. The van der Waals surface area contributed by atoms with Gasteiger partial charge in [-0.05, 0) is 25.5 Å². The summed E-state index contributed by atoms with van der Waals surface area (Å²) in [6.07, 6.45) is 1.69. The van der Waals surface area contributed by atoms with Crippen molar-refractivity contribution in [2.24, 2.45) is 0 Å². The van der Waals surface area contributed by atoms with E-state index in [0.717, 1.165) is 6.54 Å². The average molecular weight is 251 g/mol. The largest absolute Gasteiger partial charge is 0.369 e. The van der Waals surface area contributed by atoms with Crippen molar-refractivity contribution in [2.45, 2.75) is 20.4 Å². The van der Waals surface area contributed by atoms with Crippen LogP contribution < -0.4 is 5.32 Å². The molecule has 1 heterocycles. The third-order valence-corrected chi connectivity index (χ3v) is 2.70. The number of hydrogen-bond acceptors (Lipinski definition) is 2. The Bertz CT molecular complexity index is 549. The van der Waals surface area contributed by atoms with Crippen molar-refractivity contribution in [1.29, 1.82) is 0 Å². The number of aryl methyl sites for hydroxylation is 1. The molecule has 0 saturated carbocycles. The topological polar surface area (TPSA) is 29.9 Å². The maximum Gasteiger partial charge on any atom is 0.147 e. The van der Waals surface area contributed by atoms with Gasteiger partial charge in [-0.2, -0.15) is 5.10 Å². The predicted octanol–water partition coefficient (Wildman–Crippen LogP) is 2.95. The van der Waals surface area contributed by atoms with Crippen molar-refractivity contribution in [3.8, 4) is 0 Å². The van der Waals surface area contributed by atoms with Gasteiger partial charge in [0.05, 0.1) is 6.54 Å². The summed E-state index contributed by atoms with van der Waals surface area (Å²) in [6.45, 7) is 4.42. The molecule has 0 radical (unpaired) electrons. The van der Waals surface area contributed by atoms with Crippen molar-refractivity contribution in [2.75, 3.05) is 11.9 Å². The van der Waals surface area contributed by atoms with Crippen LogP contribution in [0.2, 0.25) is 0 Å². The molecule has 2 aromatic rings. The van der Waals surface area contributed by atoms with Crippen LogP contribution in [0.3, 0.4) is 0 Å². The van der Waals surface area contributed by atoms with Crippen molar-refractivity contribution < 1.29 is 8.78 Å². The average Bonchev–Trinajstić information content (AvgIpc) is 2.78. The fourth-order valence-electron chi connectivity index (χ4n) is 1.75. The first-order valence-corrected chi connectivity index (χ1v) is 5.82. The van der Waals surface area contributed by atoms with Gasteiger partial charge in [-0.25, -0.2) is 8.78 Å². The van der Waals surface area contributed by atoms with E-state index in [1.165, 1.54) is 16.8 Å². The number of aromatic nitrogens is 2. The Hall–Kier alpha value is -1.91. The molecule has 2 rings (SSSR count). The van der Waals surface area contributed by atoms with Gasteiger partial charge in [-0.1, -0.05) is 6.07 Å². The summed E-state index contributed by atoms with van der Waals surface area (Å²) >= 11 is 0. The van der Waals surface area contributed by atoms with E-state index in [1.807, 2.05) is 6.92 Å². The van der Waals surface area contributed by atoms with Gasteiger partial charge in [0.2, 0.25) is 0 Å². The van der Waals surface area contributed by atoms with Crippen LogP contribution >= 0.6 is 0 Å². The molecule has 0 aliphatic heterocycles. The maximum atomic E-state index is 13.8. The van der Waals surface area contributed by atoms with E-state index in [1.54, 1.807) is 19.2 Å². The summed E-state index contributed by atoms with van der Waals surface area (Å²) in [4.78, 5) is 0. The molecule has 0 aliphatic rings. The van der Waals surface area contributed by atoms with Gasteiger partial charge >= 0.3 is 0 Å². The standard InChI is InChI=1S/C13H15F2N3/c1-3-16-12-6-7-18(17-12)8-10-11(14)5-4-9(2)13(10)15/h4-7H,3,8H2,1-2H3,(H,16,17). The SMILES string of the molecule is CCNc1ccn(Cc2c(F)ccc(C)c2F)n1. The number of halogens is 2. The quantitative estimate of drug-likeness (QED) is 0.905. The highest BCUT2D eigenvalue weighted by atomic mass is 19.1.